The summed E-state index contributed by atoms with van der Waals surface area (Å²) in [5.74, 6) is -0.285. The molecule has 3 aromatic rings. The first-order valence-corrected chi connectivity index (χ1v) is 6.19. The zero-order valence-electron chi connectivity index (χ0n) is 10.5. The Hall–Kier alpha value is -2.68. The SMILES string of the molecule is O=c1oc2ccccc2cc1/C=C/c1ccc(F)cc1. The Kier molecular flexibility index (Phi) is 3.17. The molecule has 3 rings (SSSR count). The van der Waals surface area contributed by atoms with Gasteiger partial charge in [0, 0.05) is 5.39 Å². The summed E-state index contributed by atoms with van der Waals surface area (Å²) in [6.45, 7) is 0. The smallest absolute Gasteiger partial charge is 0.343 e. The van der Waals surface area contributed by atoms with Gasteiger partial charge in [0.1, 0.15) is 11.4 Å². The Morgan fingerprint density at radius 2 is 1.70 bits per heavy atom. The lowest BCUT2D eigenvalue weighted by molar-refractivity contribution is 0.559. The molecule has 0 saturated carbocycles. The highest BCUT2D eigenvalue weighted by atomic mass is 19.1. The van der Waals surface area contributed by atoms with Crippen molar-refractivity contribution in [1.29, 1.82) is 0 Å². The van der Waals surface area contributed by atoms with Gasteiger partial charge in [0.05, 0.1) is 5.56 Å². The van der Waals surface area contributed by atoms with E-state index in [1.54, 1.807) is 36.4 Å². The summed E-state index contributed by atoms with van der Waals surface area (Å²) in [5, 5.41) is 0.867. The fraction of sp³-hybridized carbons (Fsp3) is 0. The number of rotatable bonds is 2. The average molecular weight is 266 g/mol. The van der Waals surface area contributed by atoms with Crippen LogP contribution in [0.3, 0.4) is 0 Å². The molecule has 0 saturated heterocycles. The molecule has 2 nitrogen and oxygen atoms in total. The number of halogens is 1. The number of para-hydroxylation sites is 1. The highest BCUT2D eigenvalue weighted by Gasteiger charge is 2.01. The summed E-state index contributed by atoms with van der Waals surface area (Å²) < 4.78 is 18.0. The van der Waals surface area contributed by atoms with Crippen LogP contribution in [0, 0.1) is 5.82 Å². The summed E-state index contributed by atoms with van der Waals surface area (Å²) >= 11 is 0. The molecule has 0 amide bonds. The normalized spacial score (nSPS) is 11.2. The summed E-state index contributed by atoms with van der Waals surface area (Å²) in [5.41, 5.74) is 1.46. The van der Waals surface area contributed by atoms with E-state index in [0.29, 0.717) is 11.1 Å². The Morgan fingerprint density at radius 1 is 0.950 bits per heavy atom. The lowest BCUT2D eigenvalue weighted by atomic mass is 10.1. The molecule has 0 unspecified atom stereocenters. The van der Waals surface area contributed by atoms with Gasteiger partial charge in [0.2, 0.25) is 0 Å². The second kappa shape index (κ2) is 5.13. The third-order valence-electron chi connectivity index (χ3n) is 2.99. The predicted octanol–water partition coefficient (Wildman–Crippen LogP) is 4.10. The maximum Gasteiger partial charge on any atom is 0.343 e. The standard InChI is InChI=1S/C17H11FO2/c18-15-9-6-12(7-10-15)5-8-14-11-13-3-1-2-4-16(13)20-17(14)19/h1-11H/b8-5+. The van der Waals surface area contributed by atoms with Crippen molar-refractivity contribution in [3.63, 3.8) is 0 Å². The third kappa shape index (κ3) is 2.52. The van der Waals surface area contributed by atoms with Crippen LogP contribution in [0.1, 0.15) is 11.1 Å². The maximum atomic E-state index is 12.8. The summed E-state index contributed by atoms with van der Waals surface area (Å²) in [7, 11) is 0. The van der Waals surface area contributed by atoms with Crippen molar-refractivity contribution in [2.45, 2.75) is 0 Å². The van der Waals surface area contributed by atoms with Gasteiger partial charge in [0.25, 0.3) is 0 Å². The Morgan fingerprint density at radius 3 is 2.50 bits per heavy atom. The van der Waals surface area contributed by atoms with E-state index in [4.69, 9.17) is 4.42 Å². The van der Waals surface area contributed by atoms with E-state index in [1.165, 1.54) is 12.1 Å². The van der Waals surface area contributed by atoms with Crippen LogP contribution >= 0.6 is 0 Å². The van der Waals surface area contributed by atoms with Gasteiger partial charge < -0.3 is 4.42 Å². The van der Waals surface area contributed by atoms with Crippen LogP contribution in [-0.4, -0.2) is 0 Å². The van der Waals surface area contributed by atoms with E-state index in [9.17, 15) is 9.18 Å². The van der Waals surface area contributed by atoms with Gasteiger partial charge in [-0.1, -0.05) is 36.4 Å². The molecule has 0 aliphatic carbocycles. The van der Waals surface area contributed by atoms with Crippen LogP contribution in [-0.2, 0) is 0 Å². The fourth-order valence-corrected chi connectivity index (χ4v) is 1.95. The van der Waals surface area contributed by atoms with Gasteiger partial charge in [0.15, 0.2) is 0 Å². The molecule has 3 heteroatoms. The second-order valence-corrected chi connectivity index (χ2v) is 4.41. The van der Waals surface area contributed by atoms with Crippen LogP contribution in [0.5, 0.6) is 0 Å². The molecule has 0 radical (unpaired) electrons. The van der Waals surface area contributed by atoms with Crippen molar-refractivity contribution in [2.75, 3.05) is 0 Å². The van der Waals surface area contributed by atoms with E-state index < -0.39 is 0 Å². The van der Waals surface area contributed by atoms with Gasteiger partial charge in [-0.2, -0.15) is 0 Å². The van der Waals surface area contributed by atoms with Crippen molar-refractivity contribution in [1.82, 2.24) is 0 Å². The number of benzene rings is 2. The fourth-order valence-electron chi connectivity index (χ4n) is 1.95. The monoisotopic (exact) mass is 266 g/mol. The van der Waals surface area contributed by atoms with Crippen molar-refractivity contribution in [3.8, 4) is 0 Å². The van der Waals surface area contributed by atoms with E-state index in [0.717, 1.165) is 10.9 Å². The highest BCUT2D eigenvalue weighted by molar-refractivity contribution is 5.80. The summed E-state index contributed by atoms with van der Waals surface area (Å²) in [6.07, 6.45) is 3.42. The van der Waals surface area contributed by atoms with Gasteiger partial charge in [-0.3, -0.25) is 0 Å². The van der Waals surface area contributed by atoms with E-state index >= 15 is 0 Å². The number of hydrogen-bond acceptors (Lipinski definition) is 2. The van der Waals surface area contributed by atoms with Crippen LogP contribution in [0.4, 0.5) is 4.39 Å². The van der Waals surface area contributed by atoms with E-state index in [-0.39, 0.29) is 11.4 Å². The molecular formula is C17H11FO2. The molecule has 98 valence electrons. The minimum atomic E-state index is -0.387. The van der Waals surface area contributed by atoms with Crippen molar-refractivity contribution >= 4 is 23.1 Å². The average Bonchev–Trinajstić information content (AvgIpc) is 2.47. The molecule has 0 spiro atoms. The maximum absolute atomic E-state index is 12.8. The lowest BCUT2D eigenvalue weighted by Crippen LogP contribution is -2.02. The molecule has 2 aromatic carbocycles. The zero-order valence-corrected chi connectivity index (χ0v) is 10.5. The van der Waals surface area contributed by atoms with Crippen LogP contribution < -0.4 is 5.63 Å². The molecule has 0 fully saturated rings. The second-order valence-electron chi connectivity index (χ2n) is 4.41. The van der Waals surface area contributed by atoms with Gasteiger partial charge in [-0.05, 0) is 35.9 Å². The van der Waals surface area contributed by atoms with Gasteiger partial charge >= 0.3 is 5.63 Å². The Bertz CT molecular complexity index is 829. The first kappa shape index (κ1) is 12.4. The molecular weight excluding hydrogens is 255 g/mol. The molecule has 0 N–H and O–H groups in total. The molecule has 0 atom stereocenters. The quantitative estimate of drug-likeness (QED) is 0.653. The van der Waals surface area contributed by atoms with Crippen LogP contribution in [0.2, 0.25) is 0 Å². The van der Waals surface area contributed by atoms with Gasteiger partial charge in [-0.15, -0.1) is 0 Å². The molecule has 1 heterocycles. The molecule has 1 aromatic heterocycles. The summed E-state index contributed by atoms with van der Waals surface area (Å²) in [6, 6.07) is 15.2. The van der Waals surface area contributed by atoms with Crippen molar-refractivity contribution in [3.05, 3.63) is 82.0 Å². The first-order chi connectivity index (χ1) is 9.72. The number of hydrogen-bond donors (Lipinski definition) is 0. The minimum Gasteiger partial charge on any atom is -0.422 e. The molecule has 0 aliphatic heterocycles. The minimum absolute atomic E-state index is 0.285. The number of fused-ring (bicyclic) bond motifs is 1. The molecule has 0 aliphatic rings. The topological polar surface area (TPSA) is 30.2 Å². The first-order valence-electron chi connectivity index (χ1n) is 6.19. The third-order valence-corrected chi connectivity index (χ3v) is 2.99. The molecule has 20 heavy (non-hydrogen) atoms. The Labute approximate surface area is 114 Å². The summed E-state index contributed by atoms with van der Waals surface area (Å²) in [4.78, 5) is 11.8. The lowest BCUT2D eigenvalue weighted by Gasteiger charge is -1.98. The van der Waals surface area contributed by atoms with Crippen molar-refractivity contribution < 1.29 is 8.81 Å². The highest BCUT2D eigenvalue weighted by Crippen LogP contribution is 2.14. The van der Waals surface area contributed by atoms with E-state index in [1.807, 2.05) is 18.2 Å². The van der Waals surface area contributed by atoms with Crippen LogP contribution in [0.15, 0.2) is 63.8 Å². The largest absolute Gasteiger partial charge is 0.422 e. The molecule has 0 bridgehead atoms. The van der Waals surface area contributed by atoms with Crippen LogP contribution in [0.25, 0.3) is 23.1 Å². The van der Waals surface area contributed by atoms with Crippen molar-refractivity contribution in [2.24, 2.45) is 0 Å². The predicted molar refractivity (Wildman–Crippen MR) is 77.8 cm³/mol. The zero-order chi connectivity index (χ0) is 13.9. The Balaban J connectivity index is 2.00. The van der Waals surface area contributed by atoms with Gasteiger partial charge in [-0.25, -0.2) is 9.18 Å². The van der Waals surface area contributed by atoms with E-state index in [2.05, 4.69) is 0 Å².